The second-order valence-corrected chi connectivity index (χ2v) is 6.43. The molecule has 10 heteroatoms. The zero-order valence-electron chi connectivity index (χ0n) is 11.8. The summed E-state index contributed by atoms with van der Waals surface area (Å²) in [6.45, 7) is 4.24. The Labute approximate surface area is 130 Å². The van der Waals surface area contributed by atoms with Crippen LogP contribution in [0.15, 0.2) is 5.16 Å². The molecule has 1 atom stereocenters. The van der Waals surface area contributed by atoms with Crippen LogP contribution in [0.1, 0.15) is 37.6 Å². The number of aromatic amines is 1. The maximum atomic E-state index is 11.8. The van der Waals surface area contributed by atoms with Crippen LogP contribution in [0.2, 0.25) is 0 Å². The molecule has 114 valence electrons. The number of thioether (sulfide) groups is 1. The number of nitrogens with zero attached hydrogens (tertiary/aromatic N) is 4. The van der Waals surface area contributed by atoms with Gasteiger partial charge in [-0.3, -0.25) is 10.1 Å². The van der Waals surface area contributed by atoms with Crippen LogP contribution in [0.25, 0.3) is 0 Å². The molecule has 0 saturated carbocycles. The molecule has 21 heavy (non-hydrogen) atoms. The summed E-state index contributed by atoms with van der Waals surface area (Å²) in [6.07, 6.45) is 2.16. The summed E-state index contributed by atoms with van der Waals surface area (Å²) in [6, 6.07) is 0. The predicted molar refractivity (Wildman–Crippen MR) is 83.4 cm³/mol. The van der Waals surface area contributed by atoms with E-state index in [4.69, 9.17) is 5.73 Å². The number of H-pyrrole nitrogens is 1. The fraction of sp³-hybridized carbons (Fsp3) is 0.545. The highest BCUT2D eigenvalue weighted by Crippen LogP contribution is 2.26. The van der Waals surface area contributed by atoms with E-state index in [-0.39, 0.29) is 17.6 Å². The Balaban J connectivity index is 1.82. The molecule has 8 nitrogen and oxygen atoms in total. The minimum atomic E-state index is -0.172. The quantitative estimate of drug-likeness (QED) is 0.663. The van der Waals surface area contributed by atoms with Crippen molar-refractivity contribution < 1.29 is 4.79 Å². The Kier molecular flexibility index (Phi) is 5.51. The summed E-state index contributed by atoms with van der Waals surface area (Å²) in [5, 5.41) is 19.1. The molecule has 4 N–H and O–H groups in total. The maximum Gasteiger partial charge on any atom is 0.236 e. The zero-order chi connectivity index (χ0) is 15.2. The Morgan fingerprint density at radius 3 is 3.00 bits per heavy atom. The lowest BCUT2D eigenvalue weighted by atomic mass is 10.1. The third-order valence-corrected chi connectivity index (χ3v) is 4.56. The first-order valence-electron chi connectivity index (χ1n) is 6.52. The van der Waals surface area contributed by atoms with Gasteiger partial charge in [0, 0.05) is 5.92 Å². The summed E-state index contributed by atoms with van der Waals surface area (Å²) in [5.41, 5.74) is 5.40. The van der Waals surface area contributed by atoms with Gasteiger partial charge in [0.2, 0.25) is 22.1 Å². The van der Waals surface area contributed by atoms with E-state index < -0.39 is 0 Å². The number of aromatic nitrogens is 5. The van der Waals surface area contributed by atoms with Gasteiger partial charge in [0.1, 0.15) is 5.01 Å². The first-order chi connectivity index (χ1) is 10.1. The number of rotatable bonds is 7. The van der Waals surface area contributed by atoms with E-state index in [1.54, 1.807) is 0 Å². The second kappa shape index (κ2) is 7.36. The lowest BCUT2D eigenvalue weighted by Crippen LogP contribution is -2.13. The van der Waals surface area contributed by atoms with Crippen LogP contribution in [0, 0.1) is 0 Å². The van der Waals surface area contributed by atoms with Crippen LogP contribution in [-0.4, -0.2) is 37.0 Å². The number of hydrogen-bond acceptors (Lipinski definition) is 8. The second-order valence-electron chi connectivity index (χ2n) is 4.48. The average Bonchev–Trinajstić information content (AvgIpc) is 3.06. The molecule has 2 heterocycles. The third-order valence-electron chi connectivity index (χ3n) is 2.64. The number of nitrogen functional groups attached to an aromatic ring is 1. The summed E-state index contributed by atoms with van der Waals surface area (Å²) >= 11 is 2.61. The monoisotopic (exact) mass is 327 g/mol. The Morgan fingerprint density at radius 1 is 1.52 bits per heavy atom. The molecule has 0 unspecified atom stereocenters. The van der Waals surface area contributed by atoms with Gasteiger partial charge in [0.05, 0.1) is 5.75 Å². The van der Waals surface area contributed by atoms with Crippen molar-refractivity contribution in [3.63, 3.8) is 0 Å². The van der Waals surface area contributed by atoms with Gasteiger partial charge in [-0.05, 0) is 6.42 Å². The van der Waals surface area contributed by atoms with Gasteiger partial charge in [0.25, 0.3) is 0 Å². The van der Waals surface area contributed by atoms with Crippen molar-refractivity contribution >= 4 is 40.1 Å². The molecule has 2 aromatic rings. The summed E-state index contributed by atoms with van der Waals surface area (Å²) in [7, 11) is 0. The molecular formula is C11H17N7OS2. The molecule has 1 amide bonds. The highest BCUT2D eigenvalue weighted by molar-refractivity contribution is 7.99. The smallest absolute Gasteiger partial charge is 0.236 e. The van der Waals surface area contributed by atoms with E-state index in [1.807, 2.05) is 0 Å². The van der Waals surface area contributed by atoms with Crippen LogP contribution in [0.3, 0.4) is 0 Å². The minimum absolute atomic E-state index is 0.172. The molecule has 0 aliphatic rings. The summed E-state index contributed by atoms with van der Waals surface area (Å²) in [4.78, 5) is 15.7. The van der Waals surface area contributed by atoms with Crippen LogP contribution in [0.4, 0.5) is 11.1 Å². The van der Waals surface area contributed by atoms with Crippen LogP contribution in [0.5, 0.6) is 0 Å². The number of hydrogen-bond donors (Lipinski definition) is 3. The molecule has 0 radical (unpaired) electrons. The molecule has 0 spiro atoms. The number of nitrogens with two attached hydrogens (primary N) is 1. The lowest BCUT2D eigenvalue weighted by molar-refractivity contribution is -0.113. The first-order valence-corrected chi connectivity index (χ1v) is 8.32. The van der Waals surface area contributed by atoms with Gasteiger partial charge in [-0.15, -0.1) is 15.3 Å². The molecule has 0 aromatic carbocycles. The molecular weight excluding hydrogens is 310 g/mol. The van der Waals surface area contributed by atoms with Crippen molar-refractivity contribution in [1.29, 1.82) is 0 Å². The normalized spacial score (nSPS) is 12.3. The number of anilines is 2. The van der Waals surface area contributed by atoms with Gasteiger partial charge in [-0.1, -0.05) is 43.4 Å². The molecule has 0 saturated heterocycles. The number of carbonyl (C=O) groups is 1. The SMILES string of the molecule is CCC[C@@H](C)c1nnc(NC(=O)CSc2n[nH]c(N)n2)s1. The lowest BCUT2D eigenvalue weighted by Gasteiger charge is -2.03. The molecule has 2 aromatic heterocycles. The van der Waals surface area contributed by atoms with Gasteiger partial charge < -0.3 is 5.73 Å². The van der Waals surface area contributed by atoms with E-state index in [2.05, 4.69) is 44.5 Å². The van der Waals surface area contributed by atoms with E-state index in [1.165, 1.54) is 23.1 Å². The Morgan fingerprint density at radius 2 is 2.33 bits per heavy atom. The van der Waals surface area contributed by atoms with E-state index >= 15 is 0 Å². The number of amides is 1. The van der Waals surface area contributed by atoms with Gasteiger partial charge in [-0.25, -0.2) is 5.10 Å². The summed E-state index contributed by atoms with van der Waals surface area (Å²) < 4.78 is 0. The van der Waals surface area contributed by atoms with Crippen molar-refractivity contribution in [2.75, 3.05) is 16.8 Å². The van der Waals surface area contributed by atoms with Crippen LogP contribution < -0.4 is 11.1 Å². The topological polar surface area (TPSA) is 122 Å². The van der Waals surface area contributed by atoms with E-state index in [9.17, 15) is 4.79 Å². The largest absolute Gasteiger partial charge is 0.368 e. The fourth-order valence-electron chi connectivity index (χ4n) is 1.65. The summed E-state index contributed by atoms with van der Waals surface area (Å²) in [5.74, 6) is 0.617. The van der Waals surface area contributed by atoms with Crippen molar-refractivity contribution in [3.05, 3.63) is 5.01 Å². The average molecular weight is 327 g/mol. The van der Waals surface area contributed by atoms with Crippen molar-refractivity contribution in [3.8, 4) is 0 Å². The number of nitrogens with one attached hydrogen (secondary N) is 2. The standard InChI is InChI=1S/C11H17N7OS2/c1-3-4-6(2)8-15-18-11(21-8)13-7(19)5-20-10-14-9(12)16-17-10/h6H,3-5H2,1-2H3,(H,13,18,19)(H3,12,14,16,17)/t6-/m1/s1. The molecule has 0 aliphatic heterocycles. The number of carbonyl (C=O) groups excluding carboxylic acids is 1. The molecule has 0 bridgehead atoms. The van der Waals surface area contributed by atoms with E-state index in [0.29, 0.717) is 16.2 Å². The minimum Gasteiger partial charge on any atom is -0.368 e. The van der Waals surface area contributed by atoms with Crippen LogP contribution in [-0.2, 0) is 4.79 Å². The molecule has 0 fully saturated rings. The maximum absolute atomic E-state index is 11.8. The van der Waals surface area contributed by atoms with Gasteiger partial charge in [-0.2, -0.15) is 4.98 Å². The third kappa shape index (κ3) is 4.67. The highest BCUT2D eigenvalue weighted by atomic mass is 32.2. The van der Waals surface area contributed by atoms with Gasteiger partial charge >= 0.3 is 0 Å². The van der Waals surface area contributed by atoms with E-state index in [0.717, 1.165) is 17.8 Å². The molecule has 2 rings (SSSR count). The van der Waals surface area contributed by atoms with Crippen molar-refractivity contribution in [2.24, 2.45) is 0 Å². The highest BCUT2D eigenvalue weighted by Gasteiger charge is 2.13. The van der Waals surface area contributed by atoms with Gasteiger partial charge in [0.15, 0.2) is 0 Å². The zero-order valence-corrected chi connectivity index (χ0v) is 13.4. The Hall–Kier alpha value is -1.68. The van der Waals surface area contributed by atoms with Crippen LogP contribution >= 0.6 is 23.1 Å². The van der Waals surface area contributed by atoms with Crippen molar-refractivity contribution in [2.45, 2.75) is 37.8 Å². The first kappa shape index (κ1) is 15.7. The molecule has 0 aliphatic carbocycles. The predicted octanol–water partition coefficient (Wildman–Crippen LogP) is 1.87. The van der Waals surface area contributed by atoms with Crippen molar-refractivity contribution in [1.82, 2.24) is 25.4 Å². The Bertz CT molecular complexity index is 597. The fourth-order valence-corrected chi connectivity index (χ4v) is 3.10.